The first-order valence-electron chi connectivity index (χ1n) is 6.78. The lowest BCUT2D eigenvalue weighted by atomic mass is 10.1. The second kappa shape index (κ2) is 8.67. The molecule has 0 heterocycles. The molecule has 0 aliphatic heterocycles. The van der Waals surface area contributed by atoms with Crippen molar-refractivity contribution in [1.82, 2.24) is 5.32 Å². The minimum atomic E-state index is -0.827. The van der Waals surface area contributed by atoms with Crippen molar-refractivity contribution in [1.29, 1.82) is 0 Å². The Kier molecular flexibility index (Phi) is 7.22. The number of halogens is 1. The number of carboxylic acids is 1. The number of carbonyl (C=O) groups excluding carboxylic acids is 1. The van der Waals surface area contributed by atoms with E-state index in [1.54, 1.807) is 7.11 Å². The largest absolute Gasteiger partial charge is 0.496 e. The highest BCUT2D eigenvalue weighted by Crippen LogP contribution is 2.27. The molecule has 1 unspecified atom stereocenters. The van der Waals surface area contributed by atoms with Crippen LogP contribution >= 0.6 is 15.9 Å². The van der Waals surface area contributed by atoms with E-state index < -0.39 is 5.97 Å². The predicted molar refractivity (Wildman–Crippen MR) is 83.4 cm³/mol. The van der Waals surface area contributed by atoms with Crippen molar-refractivity contribution >= 4 is 27.8 Å². The molecule has 1 rings (SSSR count). The molecule has 0 fully saturated rings. The molecule has 2 N–H and O–H groups in total. The van der Waals surface area contributed by atoms with Crippen LogP contribution in [0.15, 0.2) is 22.7 Å². The summed E-state index contributed by atoms with van der Waals surface area (Å²) >= 11 is 3.41. The van der Waals surface area contributed by atoms with Gasteiger partial charge in [-0.3, -0.25) is 9.59 Å². The molecule has 21 heavy (non-hydrogen) atoms. The second-order valence-corrected chi connectivity index (χ2v) is 5.64. The summed E-state index contributed by atoms with van der Waals surface area (Å²) in [7, 11) is 1.60. The fourth-order valence-electron chi connectivity index (χ4n) is 1.91. The monoisotopic (exact) mass is 357 g/mol. The van der Waals surface area contributed by atoms with E-state index in [9.17, 15) is 9.59 Å². The van der Waals surface area contributed by atoms with E-state index in [1.165, 1.54) is 0 Å². The number of nitrogens with one attached hydrogen (secondary N) is 1. The third kappa shape index (κ3) is 6.16. The summed E-state index contributed by atoms with van der Waals surface area (Å²) in [6.07, 6.45) is 1.55. The fraction of sp³-hybridized carbons (Fsp3) is 0.467. The van der Waals surface area contributed by atoms with E-state index >= 15 is 0 Å². The molecule has 1 aromatic rings. The van der Waals surface area contributed by atoms with Gasteiger partial charge in [0.05, 0.1) is 17.6 Å². The van der Waals surface area contributed by atoms with Gasteiger partial charge < -0.3 is 15.2 Å². The van der Waals surface area contributed by atoms with Crippen LogP contribution < -0.4 is 10.1 Å². The van der Waals surface area contributed by atoms with Crippen LogP contribution in [0.5, 0.6) is 5.75 Å². The van der Waals surface area contributed by atoms with Crippen molar-refractivity contribution in [3.63, 3.8) is 0 Å². The SMILES string of the molecule is COc1ccc(C(C)NC(=O)CCCCC(=O)O)cc1Br. The van der Waals surface area contributed by atoms with Gasteiger partial charge in [-0.05, 0) is 53.4 Å². The highest BCUT2D eigenvalue weighted by Gasteiger charge is 2.11. The molecular weight excluding hydrogens is 338 g/mol. The number of hydrogen-bond donors (Lipinski definition) is 2. The molecule has 1 amide bonds. The van der Waals surface area contributed by atoms with Crippen LogP contribution in [0.1, 0.15) is 44.2 Å². The highest BCUT2D eigenvalue weighted by molar-refractivity contribution is 9.10. The van der Waals surface area contributed by atoms with Gasteiger partial charge in [-0.1, -0.05) is 6.07 Å². The predicted octanol–water partition coefficient (Wildman–Crippen LogP) is 3.28. The van der Waals surface area contributed by atoms with Gasteiger partial charge in [0, 0.05) is 12.8 Å². The van der Waals surface area contributed by atoms with Gasteiger partial charge in [-0.2, -0.15) is 0 Å². The van der Waals surface area contributed by atoms with Crippen molar-refractivity contribution in [3.05, 3.63) is 28.2 Å². The molecule has 5 nitrogen and oxygen atoms in total. The topological polar surface area (TPSA) is 75.6 Å². The van der Waals surface area contributed by atoms with Crippen molar-refractivity contribution in [2.24, 2.45) is 0 Å². The molecule has 0 saturated heterocycles. The summed E-state index contributed by atoms with van der Waals surface area (Å²) in [6.45, 7) is 1.91. The third-order valence-corrected chi connectivity index (χ3v) is 3.72. The number of hydrogen-bond acceptors (Lipinski definition) is 3. The Morgan fingerprint density at radius 1 is 1.33 bits per heavy atom. The number of unbranched alkanes of at least 4 members (excludes halogenated alkanes) is 1. The van der Waals surface area contributed by atoms with Crippen LogP contribution in [-0.2, 0) is 9.59 Å². The first-order valence-corrected chi connectivity index (χ1v) is 7.58. The van der Waals surface area contributed by atoms with Crippen molar-refractivity contribution in [2.45, 2.75) is 38.6 Å². The van der Waals surface area contributed by atoms with Crippen LogP contribution in [0, 0.1) is 0 Å². The highest BCUT2D eigenvalue weighted by atomic mass is 79.9. The molecule has 0 aliphatic rings. The summed E-state index contributed by atoms with van der Waals surface area (Å²) in [6, 6.07) is 5.54. The summed E-state index contributed by atoms with van der Waals surface area (Å²) in [4.78, 5) is 22.2. The fourth-order valence-corrected chi connectivity index (χ4v) is 2.47. The van der Waals surface area contributed by atoms with Gasteiger partial charge in [0.25, 0.3) is 0 Å². The molecule has 0 bridgehead atoms. The van der Waals surface area contributed by atoms with Crippen molar-refractivity contribution in [2.75, 3.05) is 7.11 Å². The maximum absolute atomic E-state index is 11.8. The molecule has 1 atom stereocenters. The zero-order valence-corrected chi connectivity index (χ0v) is 13.8. The van der Waals surface area contributed by atoms with Crippen molar-refractivity contribution < 1.29 is 19.4 Å². The van der Waals surface area contributed by atoms with Crippen LogP contribution in [0.4, 0.5) is 0 Å². The number of benzene rings is 1. The Bertz CT molecular complexity index is 504. The van der Waals surface area contributed by atoms with Gasteiger partial charge in [0.1, 0.15) is 5.75 Å². The van der Waals surface area contributed by atoms with E-state index in [0.717, 1.165) is 15.8 Å². The first-order chi connectivity index (χ1) is 9.93. The molecule has 116 valence electrons. The van der Waals surface area contributed by atoms with Crippen LogP contribution in [0.2, 0.25) is 0 Å². The summed E-state index contributed by atoms with van der Waals surface area (Å²) in [5.74, 6) is -0.155. The minimum absolute atomic E-state index is 0.0696. The molecule has 0 radical (unpaired) electrons. The van der Waals surface area contributed by atoms with E-state index in [-0.39, 0.29) is 18.4 Å². The summed E-state index contributed by atoms with van der Waals surface area (Å²) < 4.78 is 6.00. The van der Waals surface area contributed by atoms with E-state index in [1.807, 2.05) is 25.1 Å². The molecular formula is C15H20BrNO4. The maximum Gasteiger partial charge on any atom is 0.303 e. The van der Waals surface area contributed by atoms with Gasteiger partial charge in [0.15, 0.2) is 0 Å². The van der Waals surface area contributed by atoms with Gasteiger partial charge in [-0.15, -0.1) is 0 Å². The maximum atomic E-state index is 11.8. The molecule has 0 saturated carbocycles. The Hall–Kier alpha value is -1.56. The van der Waals surface area contributed by atoms with E-state index in [0.29, 0.717) is 19.3 Å². The quantitative estimate of drug-likeness (QED) is 0.700. The minimum Gasteiger partial charge on any atom is -0.496 e. The Morgan fingerprint density at radius 3 is 2.57 bits per heavy atom. The number of carbonyl (C=O) groups is 2. The molecule has 0 spiro atoms. The molecule has 0 aromatic heterocycles. The van der Waals surface area contributed by atoms with Crippen LogP contribution in [-0.4, -0.2) is 24.1 Å². The van der Waals surface area contributed by atoms with Gasteiger partial charge in [-0.25, -0.2) is 0 Å². The lowest BCUT2D eigenvalue weighted by Gasteiger charge is -2.15. The van der Waals surface area contributed by atoms with E-state index in [4.69, 9.17) is 9.84 Å². The van der Waals surface area contributed by atoms with Crippen LogP contribution in [0.3, 0.4) is 0 Å². The number of ether oxygens (including phenoxy) is 1. The number of aliphatic carboxylic acids is 1. The van der Waals surface area contributed by atoms with Gasteiger partial charge >= 0.3 is 5.97 Å². The number of methoxy groups -OCH3 is 1. The summed E-state index contributed by atoms with van der Waals surface area (Å²) in [5, 5.41) is 11.4. The average Bonchev–Trinajstić information content (AvgIpc) is 2.43. The molecule has 6 heteroatoms. The standard InChI is InChI=1S/C15H20BrNO4/c1-10(11-7-8-13(21-2)12(16)9-11)17-14(18)5-3-4-6-15(19)20/h7-10H,3-6H2,1-2H3,(H,17,18)(H,19,20). The van der Waals surface area contributed by atoms with Crippen LogP contribution in [0.25, 0.3) is 0 Å². The normalized spacial score (nSPS) is 11.8. The Morgan fingerprint density at radius 2 is 2.00 bits per heavy atom. The van der Waals surface area contributed by atoms with E-state index in [2.05, 4.69) is 21.2 Å². The Balaban J connectivity index is 2.45. The smallest absolute Gasteiger partial charge is 0.303 e. The van der Waals surface area contributed by atoms with Crippen molar-refractivity contribution in [3.8, 4) is 5.75 Å². The third-order valence-electron chi connectivity index (χ3n) is 3.10. The molecule has 0 aliphatic carbocycles. The Labute approximate surface area is 132 Å². The zero-order valence-electron chi connectivity index (χ0n) is 12.2. The lowest BCUT2D eigenvalue weighted by molar-refractivity contribution is -0.137. The second-order valence-electron chi connectivity index (χ2n) is 4.78. The number of amides is 1. The summed E-state index contributed by atoms with van der Waals surface area (Å²) in [5.41, 5.74) is 0.974. The number of rotatable bonds is 8. The average molecular weight is 358 g/mol. The lowest BCUT2D eigenvalue weighted by Crippen LogP contribution is -2.26. The number of carboxylic acid groups (broad SMARTS) is 1. The molecule has 1 aromatic carbocycles. The first kappa shape index (κ1) is 17.5. The van der Waals surface area contributed by atoms with Gasteiger partial charge in [0.2, 0.25) is 5.91 Å². The zero-order chi connectivity index (χ0) is 15.8.